The molecule has 1 atom stereocenters. The highest BCUT2D eigenvalue weighted by Crippen LogP contribution is 2.23. The summed E-state index contributed by atoms with van der Waals surface area (Å²) in [5.41, 5.74) is 3.32. The number of likely N-dealkylation sites (N-methyl/N-ethyl adjacent to an activating group) is 1. The van der Waals surface area contributed by atoms with E-state index in [0.29, 0.717) is 30.8 Å². The fourth-order valence-corrected chi connectivity index (χ4v) is 3.66. The molecule has 0 spiro atoms. The number of rotatable bonds is 8. The summed E-state index contributed by atoms with van der Waals surface area (Å²) in [6.45, 7) is 8.77. The molecule has 0 fully saturated rings. The predicted octanol–water partition coefficient (Wildman–Crippen LogP) is 5.12. The average molecular weight is 429 g/mol. The summed E-state index contributed by atoms with van der Waals surface area (Å²) < 4.78 is 0. The van der Waals surface area contributed by atoms with Crippen molar-refractivity contribution in [2.75, 3.05) is 7.05 Å². The minimum atomic E-state index is -0.526. The van der Waals surface area contributed by atoms with Crippen LogP contribution in [0.3, 0.4) is 0 Å². The standard InChI is InChI=1S/C25H33ClN2O2/c1-6-22(24(30)27-5)28(17-19-9-7-8-10-21(19)26)23(29)16-13-18-11-14-20(15-12-18)25(2,3)4/h7-12,14-15,22H,6,13,16-17H2,1-5H3,(H,27,30)/t22-/m0/s1. The maximum atomic E-state index is 13.2. The van der Waals surface area contributed by atoms with Gasteiger partial charge in [0.15, 0.2) is 0 Å². The zero-order valence-corrected chi connectivity index (χ0v) is 19.4. The molecule has 2 amide bonds. The molecule has 0 heterocycles. The van der Waals surface area contributed by atoms with Gasteiger partial charge in [-0.25, -0.2) is 0 Å². The Morgan fingerprint density at radius 1 is 1.07 bits per heavy atom. The molecule has 0 aliphatic heterocycles. The lowest BCUT2D eigenvalue weighted by Gasteiger charge is -2.30. The summed E-state index contributed by atoms with van der Waals surface area (Å²) >= 11 is 6.32. The predicted molar refractivity (Wildman–Crippen MR) is 124 cm³/mol. The van der Waals surface area contributed by atoms with Gasteiger partial charge >= 0.3 is 0 Å². The molecule has 0 aromatic heterocycles. The third-order valence-electron chi connectivity index (χ3n) is 5.38. The van der Waals surface area contributed by atoms with E-state index in [1.807, 2.05) is 25.1 Å². The van der Waals surface area contributed by atoms with Crippen LogP contribution in [-0.4, -0.2) is 29.8 Å². The second-order valence-corrected chi connectivity index (χ2v) is 9.01. The Hall–Kier alpha value is -2.33. The van der Waals surface area contributed by atoms with Gasteiger partial charge in [0.25, 0.3) is 0 Å². The summed E-state index contributed by atoms with van der Waals surface area (Å²) in [4.78, 5) is 27.3. The number of benzene rings is 2. The Labute approximate surface area is 185 Å². The fraction of sp³-hybridized carbons (Fsp3) is 0.440. The molecule has 4 nitrogen and oxygen atoms in total. The molecule has 30 heavy (non-hydrogen) atoms. The molecule has 1 N–H and O–H groups in total. The minimum Gasteiger partial charge on any atom is -0.357 e. The van der Waals surface area contributed by atoms with E-state index in [2.05, 4.69) is 50.4 Å². The lowest BCUT2D eigenvalue weighted by molar-refractivity contribution is -0.141. The van der Waals surface area contributed by atoms with Gasteiger partial charge in [-0.05, 0) is 41.0 Å². The van der Waals surface area contributed by atoms with E-state index in [1.54, 1.807) is 18.0 Å². The molecule has 162 valence electrons. The van der Waals surface area contributed by atoms with Gasteiger partial charge in [-0.3, -0.25) is 9.59 Å². The van der Waals surface area contributed by atoms with Crippen LogP contribution in [0.2, 0.25) is 5.02 Å². The molecule has 2 aromatic rings. The summed E-state index contributed by atoms with van der Waals surface area (Å²) in [7, 11) is 1.60. The normalized spacial score (nSPS) is 12.3. The highest BCUT2D eigenvalue weighted by Gasteiger charge is 2.28. The van der Waals surface area contributed by atoms with Crippen molar-refractivity contribution in [3.8, 4) is 0 Å². The molecule has 0 saturated carbocycles. The lowest BCUT2D eigenvalue weighted by atomic mass is 9.86. The van der Waals surface area contributed by atoms with Crippen LogP contribution in [0.4, 0.5) is 0 Å². The van der Waals surface area contributed by atoms with Gasteiger partial charge < -0.3 is 10.2 Å². The van der Waals surface area contributed by atoms with Crippen molar-refractivity contribution in [1.29, 1.82) is 0 Å². The van der Waals surface area contributed by atoms with Crippen molar-refractivity contribution in [3.05, 3.63) is 70.2 Å². The highest BCUT2D eigenvalue weighted by atomic mass is 35.5. The van der Waals surface area contributed by atoms with E-state index in [4.69, 9.17) is 11.6 Å². The number of amides is 2. The van der Waals surface area contributed by atoms with Crippen molar-refractivity contribution in [2.45, 2.75) is 65.0 Å². The van der Waals surface area contributed by atoms with Crippen LogP contribution in [0, 0.1) is 0 Å². The van der Waals surface area contributed by atoms with E-state index in [1.165, 1.54) is 5.56 Å². The number of nitrogens with one attached hydrogen (secondary N) is 1. The molecular formula is C25H33ClN2O2. The Bertz CT molecular complexity index is 856. The van der Waals surface area contributed by atoms with E-state index < -0.39 is 6.04 Å². The molecular weight excluding hydrogens is 396 g/mol. The number of hydrogen-bond donors (Lipinski definition) is 1. The van der Waals surface area contributed by atoms with Crippen LogP contribution < -0.4 is 5.32 Å². The van der Waals surface area contributed by atoms with Gasteiger partial charge in [0.2, 0.25) is 11.8 Å². The second kappa shape index (κ2) is 10.6. The SMILES string of the molecule is CC[C@@H](C(=O)NC)N(Cc1ccccc1Cl)C(=O)CCc1ccc(C(C)(C)C)cc1. The minimum absolute atomic E-state index is 0.0507. The third kappa shape index (κ3) is 6.33. The number of halogens is 1. The number of aryl methyl sites for hydroxylation is 1. The van der Waals surface area contributed by atoms with Crippen LogP contribution >= 0.6 is 11.6 Å². The Morgan fingerprint density at radius 2 is 1.70 bits per heavy atom. The smallest absolute Gasteiger partial charge is 0.242 e. The van der Waals surface area contributed by atoms with Crippen molar-refractivity contribution >= 4 is 23.4 Å². The first-order chi connectivity index (χ1) is 14.2. The van der Waals surface area contributed by atoms with E-state index >= 15 is 0 Å². The topological polar surface area (TPSA) is 49.4 Å². The largest absolute Gasteiger partial charge is 0.357 e. The van der Waals surface area contributed by atoms with Crippen LogP contribution in [0.5, 0.6) is 0 Å². The average Bonchev–Trinajstić information content (AvgIpc) is 2.72. The summed E-state index contributed by atoms with van der Waals surface area (Å²) in [6.07, 6.45) is 1.51. The van der Waals surface area contributed by atoms with Gasteiger partial charge in [-0.15, -0.1) is 0 Å². The zero-order valence-electron chi connectivity index (χ0n) is 18.7. The van der Waals surface area contributed by atoms with Crippen LogP contribution in [0.1, 0.15) is 57.2 Å². The Kier molecular flexibility index (Phi) is 8.48. The molecule has 2 rings (SSSR count). The number of hydrogen-bond acceptors (Lipinski definition) is 2. The molecule has 0 aliphatic carbocycles. The van der Waals surface area contributed by atoms with Gasteiger partial charge in [0.1, 0.15) is 6.04 Å². The van der Waals surface area contributed by atoms with Crippen LogP contribution in [-0.2, 0) is 28.0 Å². The number of carbonyl (C=O) groups excluding carboxylic acids is 2. The molecule has 2 aromatic carbocycles. The maximum absolute atomic E-state index is 13.2. The van der Waals surface area contributed by atoms with E-state index in [0.717, 1.165) is 11.1 Å². The van der Waals surface area contributed by atoms with Crippen LogP contribution in [0.25, 0.3) is 0 Å². The van der Waals surface area contributed by atoms with E-state index in [-0.39, 0.29) is 17.2 Å². The zero-order chi connectivity index (χ0) is 22.3. The molecule has 5 heteroatoms. The molecule has 0 aliphatic rings. The summed E-state index contributed by atoms with van der Waals surface area (Å²) in [5, 5.41) is 3.28. The lowest BCUT2D eigenvalue weighted by Crippen LogP contribution is -2.48. The third-order valence-corrected chi connectivity index (χ3v) is 5.75. The molecule has 0 bridgehead atoms. The summed E-state index contributed by atoms with van der Waals surface area (Å²) in [5.74, 6) is -0.210. The van der Waals surface area contributed by atoms with E-state index in [9.17, 15) is 9.59 Å². The van der Waals surface area contributed by atoms with Gasteiger partial charge in [-0.2, -0.15) is 0 Å². The summed E-state index contributed by atoms with van der Waals surface area (Å²) in [6, 6.07) is 15.3. The second-order valence-electron chi connectivity index (χ2n) is 8.60. The Morgan fingerprint density at radius 3 is 2.23 bits per heavy atom. The first-order valence-electron chi connectivity index (χ1n) is 10.5. The van der Waals surface area contributed by atoms with Gasteiger partial charge in [0.05, 0.1) is 0 Å². The quantitative estimate of drug-likeness (QED) is 0.634. The first-order valence-corrected chi connectivity index (χ1v) is 10.9. The maximum Gasteiger partial charge on any atom is 0.242 e. The van der Waals surface area contributed by atoms with Gasteiger partial charge in [-0.1, -0.05) is 81.8 Å². The number of nitrogens with zero attached hydrogens (tertiary/aromatic N) is 1. The Balaban J connectivity index is 2.17. The van der Waals surface area contributed by atoms with Crippen molar-refractivity contribution in [2.24, 2.45) is 0 Å². The van der Waals surface area contributed by atoms with Crippen molar-refractivity contribution in [3.63, 3.8) is 0 Å². The molecule has 0 unspecified atom stereocenters. The molecule has 0 saturated heterocycles. The van der Waals surface area contributed by atoms with Crippen molar-refractivity contribution in [1.82, 2.24) is 10.2 Å². The first kappa shape index (κ1) is 23.9. The monoisotopic (exact) mass is 428 g/mol. The fourth-order valence-electron chi connectivity index (χ4n) is 3.46. The van der Waals surface area contributed by atoms with Crippen LogP contribution in [0.15, 0.2) is 48.5 Å². The van der Waals surface area contributed by atoms with Gasteiger partial charge in [0, 0.05) is 25.0 Å². The number of carbonyl (C=O) groups is 2. The molecule has 0 radical (unpaired) electrons. The highest BCUT2D eigenvalue weighted by molar-refractivity contribution is 6.31. The van der Waals surface area contributed by atoms with Crippen molar-refractivity contribution < 1.29 is 9.59 Å².